The minimum absolute atomic E-state index is 0.297. The number of imide groups is 1. The molecule has 0 aliphatic carbocycles. The number of nitrogens with zero attached hydrogens (tertiary/aromatic N) is 2. The number of nitrogens with one attached hydrogen (secondary N) is 1. The van der Waals surface area contributed by atoms with Gasteiger partial charge in [-0.25, -0.2) is 9.78 Å². The van der Waals surface area contributed by atoms with Crippen LogP contribution in [0.4, 0.5) is 4.79 Å². The number of halogens is 1. The van der Waals surface area contributed by atoms with Gasteiger partial charge in [0.1, 0.15) is 0 Å². The monoisotopic (exact) mass is 458 g/mol. The Balaban J connectivity index is 2.14. The van der Waals surface area contributed by atoms with E-state index in [1.165, 1.54) is 10.1 Å². The van der Waals surface area contributed by atoms with E-state index >= 15 is 0 Å². The van der Waals surface area contributed by atoms with E-state index in [0.717, 1.165) is 18.2 Å². The molecular formula is C22H23ClN4O3S. The summed E-state index contributed by atoms with van der Waals surface area (Å²) >= 11 is 7.16. The highest BCUT2D eigenvalue weighted by Crippen LogP contribution is 2.27. The van der Waals surface area contributed by atoms with E-state index in [0.29, 0.717) is 32.7 Å². The van der Waals surface area contributed by atoms with E-state index in [1.54, 1.807) is 25.1 Å². The van der Waals surface area contributed by atoms with Crippen LogP contribution in [0, 0.1) is 0 Å². The third-order valence-corrected chi connectivity index (χ3v) is 6.32. The van der Waals surface area contributed by atoms with Gasteiger partial charge in [0.15, 0.2) is 5.16 Å². The van der Waals surface area contributed by atoms with Gasteiger partial charge >= 0.3 is 6.03 Å². The molecule has 162 valence electrons. The summed E-state index contributed by atoms with van der Waals surface area (Å²) in [5.74, 6) is -0.174. The van der Waals surface area contributed by atoms with Crippen molar-refractivity contribution in [1.29, 1.82) is 0 Å². The third kappa shape index (κ3) is 5.08. The van der Waals surface area contributed by atoms with Crippen LogP contribution in [0.3, 0.4) is 0 Å². The average Bonchev–Trinajstić information content (AvgIpc) is 2.73. The number of nitrogens with two attached hydrogens (primary N) is 1. The zero-order chi connectivity index (χ0) is 22.7. The smallest absolute Gasteiger partial charge is 0.318 e. The molecule has 0 saturated carbocycles. The normalized spacial score (nSPS) is 13.0. The fourth-order valence-electron chi connectivity index (χ4n) is 3.07. The van der Waals surface area contributed by atoms with Gasteiger partial charge in [-0.15, -0.1) is 0 Å². The molecule has 0 aliphatic rings. The number of hydrogen-bond donors (Lipinski definition) is 2. The predicted molar refractivity (Wildman–Crippen MR) is 124 cm³/mol. The Morgan fingerprint density at radius 3 is 2.48 bits per heavy atom. The van der Waals surface area contributed by atoms with Gasteiger partial charge in [0.25, 0.3) is 5.56 Å². The van der Waals surface area contributed by atoms with Gasteiger partial charge in [-0.2, -0.15) is 0 Å². The van der Waals surface area contributed by atoms with Crippen molar-refractivity contribution in [3.8, 4) is 5.69 Å². The molecule has 0 fully saturated rings. The van der Waals surface area contributed by atoms with Gasteiger partial charge in [0.2, 0.25) is 5.91 Å². The lowest BCUT2D eigenvalue weighted by atomic mass is 9.98. The van der Waals surface area contributed by atoms with Crippen LogP contribution in [0.2, 0.25) is 5.02 Å². The largest absolute Gasteiger partial charge is 0.351 e. The Hall–Kier alpha value is -2.84. The maximum absolute atomic E-state index is 13.4. The summed E-state index contributed by atoms with van der Waals surface area (Å²) in [6.45, 7) is 5.87. The van der Waals surface area contributed by atoms with Crippen LogP contribution in [-0.2, 0) is 4.79 Å². The van der Waals surface area contributed by atoms with Crippen LogP contribution in [0.15, 0.2) is 52.4 Å². The maximum Gasteiger partial charge on any atom is 0.318 e. The molecular weight excluding hydrogens is 436 g/mol. The Bertz CT molecular complexity index is 1190. The maximum atomic E-state index is 13.4. The molecule has 3 amide bonds. The van der Waals surface area contributed by atoms with Gasteiger partial charge in [0.05, 0.1) is 21.8 Å². The molecule has 7 nitrogen and oxygen atoms in total. The van der Waals surface area contributed by atoms with Crippen LogP contribution < -0.4 is 16.6 Å². The summed E-state index contributed by atoms with van der Waals surface area (Å²) in [6, 6.07) is 11.6. The number of primary amides is 1. The topological polar surface area (TPSA) is 107 Å². The molecule has 2 atom stereocenters. The molecule has 0 unspecified atom stereocenters. The van der Waals surface area contributed by atoms with E-state index < -0.39 is 17.2 Å². The Morgan fingerprint density at radius 2 is 1.87 bits per heavy atom. The van der Waals surface area contributed by atoms with E-state index in [1.807, 2.05) is 24.3 Å². The number of hydrogen-bond acceptors (Lipinski definition) is 5. The Morgan fingerprint density at radius 1 is 1.19 bits per heavy atom. The Labute approximate surface area is 189 Å². The number of aromatic nitrogens is 2. The van der Waals surface area contributed by atoms with Crippen molar-refractivity contribution in [2.45, 2.75) is 43.5 Å². The number of rotatable bonds is 6. The minimum atomic E-state index is -0.934. The number of thioether (sulfide) groups is 1. The number of benzene rings is 2. The molecule has 0 spiro atoms. The highest BCUT2D eigenvalue weighted by molar-refractivity contribution is 8.00. The zero-order valence-electron chi connectivity index (χ0n) is 17.4. The summed E-state index contributed by atoms with van der Waals surface area (Å²) in [5.41, 5.74) is 7.00. The third-order valence-electron chi connectivity index (χ3n) is 5.03. The summed E-state index contributed by atoms with van der Waals surface area (Å²) < 4.78 is 1.46. The average molecular weight is 459 g/mol. The molecule has 0 radical (unpaired) electrons. The fourth-order valence-corrected chi connectivity index (χ4v) is 4.17. The van der Waals surface area contributed by atoms with Gasteiger partial charge in [-0.05, 0) is 55.2 Å². The first-order valence-electron chi connectivity index (χ1n) is 9.80. The van der Waals surface area contributed by atoms with Crippen molar-refractivity contribution in [3.63, 3.8) is 0 Å². The van der Waals surface area contributed by atoms with Gasteiger partial charge in [-0.3, -0.25) is 19.5 Å². The van der Waals surface area contributed by atoms with Gasteiger partial charge in [0, 0.05) is 5.02 Å². The second kappa shape index (κ2) is 9.53. The van der Waals surface area contributed by atoms with Crippen molar-refractivity contribution in [2.75, 3.05) is 0 Å². The van der Waals surface area contributed by atoms with E-state index in [2.05, 4.69) is 24.1 Å². The van der Waals surface area contributed by atoms with Crippen molar-refractivity contribution in [1.82, 2.24) is 14.9 Å². The quantitative estimate of drug-likeness (QED) is 0.424. The molecule has 3 aromatic rings. The standard InChI is InChI=1S/C22H23ClN4O3S/c1-4-12(2)14-5-8-16(9-6-14)27-20(29)17-11-15(23)7-10-18(17)25-22(27)31-13(3)19(28)26-21(24)30/h5-13H,4H2,1-3H3,(H3,24,26,28,30)/t12-,13+/m1/s1. The number of carbonyl (C=O) groups is 2. The summed E-state index contributed by atoms with van der Waals surface area (Å²) in [7, 11) is 0. The molecule has 31 heavy (non-hydrogen) atoms. The van der Waals surface area contributed by atoms with Crippen LogP contribution in [0.1, 0.15) is 38.7 Å². The van der Waals surface area contributed by atoms with Gasteiger partial charge < -0.3 is 5.73 Å². The summed E-state index contributed by atoms with van der Waals surface area (Å²) in [4.78, 5) is 41.2. The van der Waals surface area contributed by atoms with Crippen LogP contribution >= 0.6 is 23.4 Å². The molecule has 1 aromatic heterocycles. The highest BCUT2D eigenvalue weighted by Gasteiger charge is 2.21. The molecule has 1 heterocycles. The first-order valence-corrected chi connectivity index (χ1v) is 11.1. The predicted octanol–water partition coefficient (Wildman–Crippen LogP) is 4.23. The van der Waals surface area contributed by atoms with Crippen molar-refractivity contribution < 1.29 is 9.59 Å². The second-order valence-electron chi connectivity index (χ2n) is 7.21. The Kier molecular flexibility index (Phi) is 7.02. The van der Waals surface area contributed by atoms with Crippen molar-refractivity contribution in [3.05, 3.63) is 63.4 Å². The molecule has 0 aliphatic heterocycles. The molecule has 0 bridgehead atoms. The van der Waals surface area contributed by atoms with Crippen LogP contribution in [0.25, 0.3) is 16.6 Å². The van der Waals surface area contributed by atoms with Crippen LogP contribution in [-0.4, -0.2) is 26.7 Å². The fraction of sp³-hybridized carbons (Fsp3) is 0.273. The van der Waals surface area contributed by atoms with E-state index in [4.69, 9.17) is 17.3 Å². The molecule has 2 aromatic carbocycles. The summed E-state index contributed by atoms with van der Waals surface area (Å²) in [5, 5.41) is 2.47. The van der Waals surface area contributed by atoms with E-state index in [-0.39, 0.29) is 5.56 Å². The second-order valence-corrected chi connectivity index (χ2v) is 8.96. The SMILES string of the molecule is CC[C@@H](C)c1ccc(-n2c(S[C@@H](C)C(=O)NC(N)=O)nc3ccc(Cl)cc3c2=O)cc1. The van der Waals surface area contributed by atoms with Crippen LogP contribution in [0.5, 0.6) is 0 Å². The first-order chi connectivity index (χ1) is 14.7. The molecule has 0 saturated heterocycles. The lowest BCUT2D eigenvalue weighted by Gasteiger charge is -2.17. The number of urea groups is 1. The van der Waals surface area contributed by atoms with E-state index in [9.17, 15) is 14.4 Å². The number of amides is 3. The van der Waals surface area contributed by atoms with Crippen molar-refractivity contribution in [2.24, 2.45) is 5.73 Å². The lowest BCUT2D eigenvalue weighted by Crippen LogP contribution is -2.39. The molecule has 9 heteroatoms. The summed E-state index contributed by atoms with van der Waals surface area (Å²) in [6.07, 6.45) is 1.00. The minimum Gasteiger partial charge on any atom is -0.351 e. The number of carbonyl (C=O) groups excluding carboxylic acids is 2. The lowest BCUT2D eigenvalue weighted by molar-refractivity contribution is -0.119. The zero-order valence-corrected chi connectivity index (χ0v) is 19.0. The molecule has 3 rings (SSSR count). The molecule has 3 N–H and O–H groups in total. The number of fused-ring (bicyclic) bond motifs is 1. The first kappa shape index (κ1) is 22.8. The van der Waals surface area contributed by atoms with Crippen molar-refractivity contribution >= 4 is 46.2 Å². The highest BCUT2D eigenvalue weighted by atomic mass is 35.5. The van der Waals surface area contributed by atoms with Gasteiger partial charge in [-0.1, -0.05) is 49.3 Å².